The second-order valence-corrected chi connectivity index (χ2v) is 3.58. The molecule has 0 spiro atoms. The number of nitrogens with zero attached hydrogens (tertiary/aromatic N) is 1. The molecule has 0 saturated carbocycles. The summed E-state index contributed by atoms with van der Waals surface area (Å²) >= 11 is 0. The maximum Gasteiger partial charge on any atom is 0.306 e. The highest BCUT2D eigenvalue weighted by Gasteiger charge is 2.24. The van der Waals surface area contributed by atoms with Gasteiger partial charge in [-0.2, -0.15) is 4.39 Å². The Morgan fingerprint density at radius 3 is 2.56 bits per heavy atom. The van der Waals surface area contributed by atoms with E-state index in [0.717, 1.165) is 18.2 Å². The van der Waals surface area contributed by atoms with Crippen molar-refractivity contribution in [1.82, 2.24) is 0 Å². The van der Waals surface area contributed by atoms with Gasteiger partial charge in [-0.15, -0.1) is 0 Å². The van der Waals surface area contributed by atoms with Gasteiger partial charge in [-0.3, -0.25) is 14.9 Å². The third-order valence-corrected chi connectivity index (χ3v) is 2.26. The standard InChI is InChI=1S/C10H10FNO6/c11-6-2-1-5(3-7(6)12(17)18)10(16)8(13)4-9(14)15/h1-3,8,10,13,16H,4H2,(H,14,15). The summed E-state index contributed by atoms with van der Waals surface area (Å²) < 4.78 is 13.0. The molecule has 0 radical (unpaired) electrons. The molecule has 2 unspecified atom stereocenters. The van der Waals surface area contributed by atoms with E-state index in [-0.39, 0.29) is 5.56 Å². The maximum atomic E-state index is 13.0. The van der Waals surface area contributed by atoms with Crippen LogP contribution in [-0.4, -0.2) is 32.3 Å². The molecule has 0 aliphatic carbocycles. The number of carbonyl (C=O) groups is 1. The predicted molar refractivity (Wildman–Crippen MR) is 56.3 cm³/mol. The number of rotatable bonds is 5. The summed E-state index contributed by atoms with van der Waals surface area (Å²) in [5.74, 6) is -2.41. The summed E-state index contributed by atoms with van der Waals surface area (Å²) in [6.45, 7) is 0. The summed E-state index contributed by atoms with van der Waals surface area (Å²) in [5, 5.41) is 37.8. The number of aliphatic carboxylic acids is 1. The summed E-state index contributed by atoms with van der Waals surface area (Å²) in [5.41, 5.74) is -0.981. The SMILES string of the molecule is O=C(O)CC(O)C(O)c1ccc(F)c([N+](=O)[O-])c1. The lowest BCUT2D eigenvalue weighted by atomic mass is 10.0. The van der Waals surface area contributed by atoms with Crippen LogP contribution < -0.4 is 0 Å². The van der Waals surface area contributed by atoms with Crippen LogP contribution in [0.25, 0.3) is 0 Å². The highest BCUT2D eigenvalue weighted by atomic mass is 19.1. The van der Waals surface area contributed by atoms with E-state index >= 15 is 0 Å². The third-order valence-electron chi connectivity index (χ3n) is 2.26. The van der Waals surface area contributed by atoms with Crippen LogP contribution >= 0.6 is 0 Å². The van der Waals surface area contributed by atoms with Crippen molar-refractivity contribution < 1.29 is 29.4 Å². The molecule has 0 aliphatic rings. The van der Waals surface area contributed by atoms with E-state index in [9.17, 15) is 29.5 Å². The number of halogens is 1. The fourth-order valence-electron chi connectivity index (χ4n) is 1.37. The molecular formula is C10H10FNO6. The smallest absolute Gasteiger partial charge is 0.306 e. The van der Waals surface area contributed by atoms with Gasteiger partial charge in [-0.25, -0.2) is 0 Å². The number of nitro benzene ring substituents is 1. The third kappa shape index (κ3) is 3.22. The van der Waals surface area contributed by atoms with Crippen LogP contribution in [0, 0.1) is 15.9 Å². The fraction of sp³-hybridized carbons (Fsp3) is 0.300. The number of aliphatic hydroxyl groups excluding tert-OH is 2. The molecule has 0 amide bonds. The number of hydrogen-bond donors (Lipinski definition) is 3. The monoisotopic (exact) mass is 259 g/mol. The minimum atomic E-state index is -1.64. The topological polar surface area (TPSA) is 121 Å². The molecule has 0 bridgehead atoms. The first-order valence-corrected chi connectivity index (χ1v) is 4.84. The normalized spacial score (nSPS) is 13.9. The first-order valence-electron chi connectivity index (χ1n) is 4.84. The average molecular weight is 259 g/mol. The van der Waals surface area contributed by atoms with Gasteiger partial charge in [0.2, 0.25) is 5.82 Å². The van der Waals surface area contributed by atoms with Crippen molar-refractivity contribution in [3.8, 4) is 0 Å². The summed E-state index contributed by atoms with van der Waals surface area (Å²) in [7, 11) is 0. The van der Waals surface area contributed by atoms with Gasteiger partial charge in [-0.1, -0.05) is 6.07 Å². The Balaban J connectivity index is 2.99. The Bertz CT molecular complexity index is 477. The Hall–Kier alpha value is -2.06. The van der Waals surface area contributed by atoms with Gasteiger partial charge in [0.15, 0.2) is 0 Å². The van der Waals surface area contributed by atoms with Crippen LogP contribution in [0.15, 0.2) is 18.2 Å². The second kappa shape index (κ2) is 5.52. The van der Waals surface area contributed by atoms with Crippen LogP contribution in [0.4, 0.5) is 10.1 Å². The van der Waals surface area contributed by atoms with E-state index in [4.69, 9.17) is 5.11 Å². The van der Waals surface area contributed by atoms with Gasteiger partial charge in [0.05, 0.1) is 17.4 Å². The van der Waals surface area contributed by atoms with E-state index in [0.29, 0.717) is 0 Å². The summed E-state index contributed by atoms with van der Waals surface area (Å²) in [6.07, 6.45) is -4.00. The zero-order valence-corrected chi connectivity index (χ0v) is 8.99. The van der Waals surface area contributed by atoms with E-state index in [2.05, 4.69) is 0 Å². The number of hydrogen-bond acceptors (Lipinski definition) is 5. The highest BCUT2D eigenvalue weighted by molar-refractivity contribution is 5.67. The minimum absolute atomic E-state index is 0.128. The zero-order valence-electron chi connectivity index (χ0n) is 8.99. The van der Waals surface area contributed by atoms with E-state index < -0.39 is 41.0 Å². The van der Waals surface area contributed by atoms with Crippen molar-refractivity contribution in [2.75, 3.05) is 0 Å². The molecule has 3 N–H and O–H groups in total. The van der Waals surface area contributed by atoms with E-state index in [1.807, 2.05) is 0 Å². The zero-order chi connectivity index (χ0) is 13.9. The van der Waals surface area contributed by atoms with Crippen LogP contribution in [0.5, 0.6) is 0 Å². The van der Waals surface area contributed by atoms with Gasteiger partial charge in [0.1, 0.15) is 6.10 Å². The largest absolute Gasteiger partial charge is 0.481 e. The van der Waals surface area contributed by atoms with Gasteiger partial charge >= 0.3 is 11.7 Å². The first-order chi connectivity index (χ1) is 8.32. The Morgan fingerprint density at radius 1 is 1.44 bits per heavy atom. The number of aliphatic hydroxyl groups is 2. The molecule has 2 atom stereocenters. The minimum Gasteiger partial charge on any atom is -0.481 e. The number of nitro groups is 1. The van der Waals surface area contributed by atoms with E-state index in [1.54, 1.807) is 0 Å². The predicted octanol–water partition coefficient (Wildman–Crippen LogP) is 0.603. The van der Waals surface area contributed by atoms with Crippen LogP contribution in [0.3, 0.4) is 0 Å². The van der Waals surface area contributed by atoms with Gasteiger partial charge in [0.25, 0.3) is 0 Å². The quantitative estimate of drug-likeness (QED) is 0.526. The first kappa shape index (κ1) is 14.0. The molecule has 1 aromatic rings. The lowest BCUT2D eigenvalue weighted by Gasteiger charge is -2.16. The molecular weight excluding hydrogens is 249 g/mol. The fourth-order valence-corrected chi connectivity index (χ4v) is 1.37. The van der Waals surface area contributed by atoms with Gasteiger partial charge in [-0.05, 0) is 11.6 Å². The van der Waals surface area contributed by atoms with Crippen LogP contribution in [0.2, 0.25) is 0 Å². The Morgan fingerprint density at radius 2 is 2.06 bits per heavy atom. The molecule has 0 heterocycles. The highest BCUT2D eigenvalue weighted by Crippen LogP contribution is 2.25. The lowest BCUT2D eigenvalue weighted by Crippen LogP contribution is -2.21. The van der Waals surface area contributed by atoms with Crippen molar-refractivity contribution in [3.63, 3.8) is 0 Å². The molecule has 0 saturated heterocycles. The molecule has 1 aromatic carbocycles. The summed E-state index contributed by atoms with van der Waals surface area (Å²) in [4.78, 5) is 19.8. The van der Waals surface area contributed by atoms with Gasteiger partial charge in [0, 0.05) is 6.07 Å². The molecule has 0 aromatic heterocycles. The van der Waals surface area contributed by atoms with Crippen LogP contribution in [-0.2, 0) is 4.79 Å². The molecule has 1 rings (SSSR count). The molecule has 0 fully saturated rings. The van der Waals surface area contributed by atoms with Crippen LogP contribution in [0.1, 0.15) is 18.1 Å². The van der Waals surface area contributed by atoms with Gasteiger partial charge < -0.3 is 15.3 Å². The molecule has 8 heteroatoms. The Kier molecular flexibility index (Phi) is 4.29. The molecule has 7 nitrogen and oxygen atoms in total. The maximum absolute atomic E-state index is 13.0. The van der Waals surface area contributed by atoms with Crippen molar-refractivity contribution in [2.24, 2.45) is 0 Å². The number of carboxylic acids is 1. The average Bonchev–Trinajstić information content (AvgIpc) is 2.27. The van der Waals surface area contributed by atoms with E-state index in [1.165, 1.54) is 0 Å². The van der Waals surface area contributed by atoms with Crippen molar-refractivity contribution in [3.05, 3.63) is 39.7 Å². The molecule has 18 heavy (non-hydrogen) atoms. The number of benzene rings is 1. The number of carboxylic acid groups (broad SMARTS) is 1. The molecule has 0 aliphatic heterocycles. The van der Waals surface area contributed by atoms with Crippen molar-refractivity contribution in [1.29, 1.82) is 0 Å². The lowest BCUT2D eigenvalue weighted by molar-refractivity contribution is -0.387. The summed E-state index contributed by atoms with van der Waals surface area (Å²) in [6, 6.07) is 2.56. The van der Waals surface area contributed by atoms with Crippen molar-refractivity contribution in [2.45, 2.75) is 18.6 Å². The Labute approximate surface area is 100 Å². The second-order valence-electron chi connectivity index (χ2n) is 3.58. The molecule has 98 valence electrons. The van der Waals surface area contributed by atoms with Crippen molar-refractivity contribution >= 4 is 11.7 Å².